The van der Waals surface area contributed by atoms with Crippen LogP contribution in [0.15, 0.2) is 53.3 Å². The molecule has 24 heavy (non-hydrogen) atoms. The highest BCUT2D eigenvalue weighted by atomic mass is 16.4. The Morgan fingerprint density at radius 3 is 2.67 bits per heavy atom. The molecule has 0 unspecified atom stereocenters. The van der Waals surface area contributed by atoms with E-state index < -0.39 is 0 Å². The Labute approximate surface area is 141 Å². The first-order chi connectivity index (χ1) is 11.7. The number of hydrogen-bond donors (Lipinski definition) is 0. The standard InChI is InChI=1S/C18H21N5O/c1-14(2)11-23(12-16-7-3-4-9-20-16)13-17-21-22-18(24-17)15-6-5-8-19-10-15/h3-10,14H,11-13H2,1-2H3. The van der Waals surface area contributed by atoms with Gasteiger partial charge < -0.3 is 4.42 Å². The van der Waals surface area contributed by atoms with Gasteiger partial charge in [0.15, 0.2) is 0 Å². The van der Waals surface area contributed by atoms with Crippen LogP contribution in [0.1, 0.15) is 25.4 Å². The maximum Gasteiger partial charge on any atom is 0.249 e. The zero-order valence-electron chi connectivity index (χ0n) is 14.0. The van der Waals surface area contributed by atoms with Gasteiger partial charge in [-0.25, -0.2) is 0 Å². The molecule has 0 fully saturated rings. The van der Waals surface area contributed by atoms with Crippen LogP contribution in [-0.4, -0.2) is 31.6 Å². The molecule has 0 N–H and O–H groups in total. The Morgan fingerprint density at radius 2 is 1.96 bits per heavy atom. The number of nitrogens with zero attached hydrogens (tertiary/aromatic N) is 5. The number of aromatic nitrogens is 4. The summed E-state index contributed by atoms with van der Waals surface area (Å²) < 4.78 is 5.80. The summed E-state index contributed by atoms with van der Waals surface area (Å²) >= 11 is 0. The molecule has 0 aliphatic heterocycles. The van der Waals surface area contributed by atoms with E-state index in [1.807, 2.05) is 36.5 Å². The normalized spacial score (nSPS) is 11.3. The van der Waals surface area contributed by atoms with E-state index in [2.05, 4.69) is 38.9 Å². The molecule has 0 aliphatic carbocycles. The van der Waals surface area contributed by atoms with Crippen molar-refractivity contribution in [3.63, 3.8) is 0 Å². The van der Waals surface area contributed by atoms with Crippen LogP contribution >= 0.6 is 0 Å². The van der Waals surface area contributed by atoms with Crippen LogP contribution in [0, 0.1) is 5.92 Å². The van der Waals surface area contributed by atoms with Crippen molar-refractivity contribution < 1.29 is 4.42 Å². The lowest BCUT2D eigenvalue weighted by Crippen LogP contribution is -2.27. The molecule has 0 atom stereocenters. The molecular weight excluding hydrogens is 302 g/mol. The van der Waals surface area contributed by atoms with E-state index in [1.54, 1.807) is 12.4 Å². The van der Waals surface area contributed by atoms with E-state index in [0.717, 1.165) is 24.3 Å². The van der Waals surface area contributed by atoms with Crippen LogP contribution in [0.4, 0.5) is 0 Å². The first-order valence-corrected chi connectivity index (χ1v) is 8.06. The monoisotopic (exact) mass is 323 g/mol. The summed E-state index contributed by atoms with van der Waals surface area (Å²) in [5.41, 5.74) is 1.86. The molecule has 0 aromatic carbocycles. The fourth-order valence-electron chi connectivity index (χ4n) is 2.54. The van der Waals surface area contributed by atoms with Gasteiger partial charge in [0, 0.05) is 31.7 Å². The smallest absolute Gasteiger partial charge is 0.249 e. The molecule has 3 aromatic heterocycles. The van der Waals surface area contributed by atoms with Gasteiger partial charge in [0.05, 0.1) is 17.8 Å². The number of pyridine rings is 2. The van der Waals surface area contributed by atoms with Crippen molar-refractivity contribution in [1.82, 2.24) is 25.1 Å². The van der Waals surface area contributed by atoms with Crippen LogP contribution < -0.4 is 0 Å². The molecule has 0 bridgehead atoms. The van der Waals surface area contributed by atoms with Gasteiger partial charge in [-0.1, -0.05) is 19.9 Å². The summed E-state index contributed by atoms with van der Waals surface area (Å²) in [5.74, 6) is 1.64. The maximum absolute atomic E-state index is 5.80. The Balaban J connectivity index is 1.72. The Hall–Kier alpha value is -2.60. The minimum absolute atomic E-state index is 0.500. The van der Waals surface area contributed by atoms with E-state index in [1.165, 1.54) is 0 Å². The average Bonchev–Trinajstić information content (AvgIpc) is 3.04. The third-order valence-electron chi connectivity index (χ3n) is 3.47. The maximum atomic E-state index is 5.80. The first kappa shape index (κ1) is 16.3. The second-order valence-electron chi connectivity index (χ2n) is 6.13. The third kappa shape index (κ3) is 4.45. The van der Waals surface area contributed by atoms with Gasteiger partial charge in [0.2, 0.25) is 11.8 Å². The van der Waals surface area contributed by atoms with E-state index >= 15 is 0 Å². The number of hydrogen-bond acceptors (Lipinski definition) is 6. The van der Waals surface area contributed by atoms with Crippen LogP contribution in [0.2, 0.25) is 0 Å². The van der Waals surface area contributed by atoms with E-state index in [4.69, 9.17) is 4.42 Å². The summed E-state index contributed by atoms with van der Waals surface area (Å²) in [6.45, 7) is 6.67. The van der Waals surface area contributed by atoms with Gasteiger partial charge in [0.1, 0.15) is 0 Å². The van der Waals surface area contributed by atoms with Crippen molar-refractivity contribution in [3.05, 3.63) is 60.5 Å². The molecule has 0 radical (unpaired) electrons. The molecule has 0 amide bonds. The molecule has 3 heterocycles. The zero-order valence-corrected chi connectivity index (χ0v) is 14.0. The summed E-state index contributed by atoms with van der Waals surface area (Å²) in [6.07, 6.45) is 5.26. The fourth-order valence-corrected chi connectivity index (χ4v) is 2.54. The van der Waals surface area contributed by atoms with Crippen molar-refractivity contribution in [2.75, 3.05) is 6.54 Å². The van der Waals surface area contributed by atoms with Crippen molar-refractivity contribution in [3.8, 4) is 11.5 Å². The van der Waals surface area contributed by atoms with Crippen LogP contribution in [0.5, 0.6) is 0 Å². The average molecular weight is 323 g/mol. The molecule has 124 valence electrons. The van der Waals surface area contributed by atoms with Gasteiger partial charge >= 0.3 is 0 Å². The van der Waals surface area contributed by atoms with Crippen LogP contribution in [0.25, 0.3) is 11.5 Å². The predicted octanol–water partition coefficient (Wildman–Crippen LogP) is 3.18. The highest BCUT2D eigenvalue weighted by Gasteiger charge is 2.15. The molecule has 0 saturated carbocycles. The quantitative estimate of drug-likeness (QED) is 0.665. The molecule has 0 aliphatic rings. The summed E-state index contributed by atoms with van der Waals surface area (Å²) in [5, 5.41) is 8.30. The molecule has 6 heteroatoms. The van der Waals surface area contributed by atoms with Gasteiger partial charge in [-0.2, -0.15) is 0 Å². The highest BCUT2D eigenvalue weighted by Crippen LogP contribution is 2.17. The molecule has 3 rings (SSSR count). The lowest BCUT2D eigenvalue weighted by Gasteiger charge is -2.22. The van der Waals surface area contributed by atoms with Gasteiger partial charge in [-0.15, -0.1) is 10.2 Å². The topological polar surface area (TPSA) is 67.9 Å². The first-order valence-electron chi connectivity index (χ1n) is 8.06. The SMILES string of the molecule is CC(C)CN(Cc1ccccn1)Cc1nnc(-c2cccnc2)o1. The van der Waals surface area contributed by atoms with Gasteiger partial charge in [-0.05, 0) is 30.2 Å². The second-order valence-corrected chi connectivity index (χ2v) is 6.13. The van der Waals surface area contributed by atoms with Crippen molar-refractivity contribution in [1.29, 1.82) is 0 Å². The van der Waals surface area contributed by atoms with Crippen LogP contribution in [-0.2, 0) is 13.1 Å². The molecule has 3 aromatic rings. The Kier molecular flexibility index (Phi) is 5.28. The minimum atomic E-state index is 0.500. The zero-order chi connectivity index (χ0) is 16.8. The van der Waals surface area contributed by atoms with Crippen LogP contribution in [0.3, 0.4) is 0 Å². The predicted molar refractivity (Wildman–Crippen MR) is 90.7 cm³/mol. The third-order valence-corrected chi connectivity index (χ3v) is 3.47. The lowest BCUT2D eigenvalue weighted by molar-refractivity contribution is 0.205. The lowest BCUT2D eigenvalue weighted by atomic mass is 10.2. The summed E-state index contributed by atoms with van der Waals surface area (Å²) in [4.78, 5) is 10.8. The van der Waals surface area contributed by atoms with Crippen molar-refractivity contribution in [2.24, 2.45) is 5.92 Å². The summed E-state index contributed by atoms with van der Waals surface area (Å²) in [6, 6.07) is 9.72. The van der Waals surface area contributed by atoms with Crippen molar-refractivity contribution >= 4 is 0 Å². The minimum Gasteiger partial charge on any atom is -0.419 e. The molecule has 0 spiro atoms. The molecule has 6 nitrogen and oxygen atoms in total. The van der Waals surface area contributed by atoms with Gasteiger partial charge in [0.25, 0.3) is 0 Å². The highest BCUT2D eigenvalue weighted by molar-refractivity contribution is 5.49. The largest absolute Gasteiger partial charge is 0.419 e. The molecule has 0 saturated heterocycles. The van der Waals surface area contributed by atoms with E-state index in [0.29, 0.717) is 24.2 Å². The fraction of sp³-hybridized carbons (Fsp3) is 0.333. The van der Waals surface area contributed by atoms with Gasteiger partial charge in [-0.3, -0.25) is 14.9 Å². The number of rotatable bonds is 7. The van der Waals surface area contributed by atoms with E-state index in [9.17, 15) is 0 Å². The van der Waals surface area contributed by atoms with Crippen molar-refractivity contribution in [2.45, 2.75) is 26.9 Å². The second kappa shape index (κ2) is 7.79. The van der Waals surface area contributed by atoms with E-state index in [-0.39, 0.29) is 0 Å². The molecular formula is C18H21N5O. The Morgan fingerprint density at radius 1 is 1.04 bits per heavy atom. The Bertz CT molecular complexity index is 742. The summed E-state index contributed by atoms with van der Waals surface area (Å²) in [7, 11) is 0.